The Kier molecular flexibility index (Phi) is 2.94. The van der Waals surface area contributed by atoms with Crippen LogP contribution < -0.4 is 0 Å². The highest BCUT2D eigenvalue weighted by Gasteiger charge is 2.48. The quantitative estimate of drug-likeness (QED) is 0.823. The van der Waals surface area contributed by atoms with Gasteiger partial charge >= 0.3 is 0 Å². The molecule has 2 heteroatoms. The van der Waals surface area contributed by atoms with E-state index in [9.17, 15) is 5.11 Å². The molecule has 1 heterocycles. The molecule has 2 aliphatic rings. The second-order valence-corrected chi connectivity index (χ2v) is 6.35. The number of phenols is 1. The monoisotopic (exact) mass is 257 g/mol. The smallest absolute Gasteiger partial charge is 0.115 e. The molecule has 1 unspecified atom stereocenters. The maximum absolute atomic E-state index is 9.80. The third-order valence-electron chi connectivity index (χ3n) is 5.47. The number of benzene rings is 1. The first kappa shape index (κ1) is 12.7. The third kappa shape index (κ3) is 1.81. The van der Waals surface area contributed by atoms with Crippen LogP contribution in [0.1, 0.15) is 31.4 Å². The zero-order valence-electron chi connectivity index (χ0n) is 11.9. The number of hydrogen-bond acceptors (Lipinski definition) is 2. The lowest BCUT2D eigenvalue weighted by Gasteiger charge is -2.54. The maximum atomic E-state index is 9.80. The second kappa shape index (κ2) is 4.38. The van der Waals surface area contributed by atoms with Crippen LogP contribution >= 0.6 is 0 Å². The molecule has 2 nitrogen and oxygen atoms in total. The van der Waals surface area contributed by atoms with Crippen LogP contribution in [0.2, 0.25) is 0 Å². The van der Waals surface area contributed by atoms with Crippen LogP contribution in [0.3, 0.4) is 0 Å². The third-order valence-corrected chi connectivity index (χ3v) is 5.47. The molecule has 2 bridgehead atoms. The molecule has 1 aromatic rings. The molecule has 3 rings (SSSR count). The second-order valence-electron chi connectivity index (χ2n) is 6.35. The summed E-state index contributed by atoms with van der Waals surface area (Å²) in [6.45, 7) is 10.7. The molecule has 3 atom stereocenters. The van der Waals surface area contributed by atoms with Crippen molar-refractivity contribution in [2.24, 2.45) is 5.92 Å². The molecule has 0 aromatic heterocycles. The summed E-state index contributed by atoms with van der Waals surface area (Å²) in [7, 11) is 0. The van der Waals surface area contributed by atoms with Gasteiger partial charge < -0.3 is 5.11 Å². The Labute approximate surface area is 115 Å². The summed E-state index contributed by atoms with van der Waals surface area (Å²) in [5.41, 5.74) is 2.99. The summed E-state index contributed by atoms with van der Waals surface area (Å²) >= 11 is 0. The van der Waals surface area contributed by atoms with Crippen molar-refractivity contribution >= 4 is 0 Å². The molecule has 1 fully saturated rings. The van der Waals surface area contributed by atoms with Crippen LogP contribution in [-0.4, -0.2) is 29.1 Å². The van der Waals surface area contributed by atoms with Crippen LogP contribution in [-0.2, 0) is 11.8 Å². The van der Waals surface area contributed by atoms with Gasteiger partial charge in [0.25, 0.3) is 0 Å². The van der Waals surface area contributed by atoms with Crippen molar-refractivity contribution in [3.63, 3.8) is 0 Å². The van der Waals surface area contributed by atoms with Gasteiger partial charge in [-0.3, -0.25) is 4.90 Å². The Morgan fingerprint density at radius 3 is 3.05 bits per heavy atom. The lowest BCUT2D eigenvalue weighted by molar-refractivity contribution is 0.0398. The average Bonchev–Trinajstić information content (AvgIpc) is 2.38. The van der Waals surface area contributed by atoms with Crippen molar-refractivity contribution < 1.29 is 5.11 Å². The summed E-state index contributed by atoms with van der Waals surface area (Å²) in [5.74, 6) is 1.02. The van der Waals surface area contributed by atoms with E-state index in [1.807, 2.05) is 18.2 Å². The first-order valence-electron chi connectivity index (χ1n) is 7.23. The van der Waals surface area contributed by atoms with Crippen molar-refractivity contribution in [1.29, 1.82) is 0 Å². The van der Waals surface area contributed by atoms with Crippen molar-refractivity contribution in [1.82, 2.24) is 4.90 Å². The minimum absolute atomic E-state index is 0.203. The van der Waals surface area contributed by atoms with Crippen LogP contribution in [0.5, 0.6) is 5.75 Å². The number of hydrogen-bond donors (Lipinski definition) is 1. The molecular formula is C17H23NO. The SMILES string of the molecule is C=CCN1CC[C@]2(C)c3cc(O)ccc3C[C@H]1C2C. The van der Waals surface area contributed by atoms with E-state index in [-0.39, 0.29) is 5.41 Å². The van der Waals surface area contributed by atoms with E-state index in [4.69, 9.17) is 0 Å². The Bertz CT molecular complexity index is 510. The minimum atomic E-state index is 0.203. The summed E-state index contributed by atoms with van der Waals surface area (Å²) in [6, 6.07) is 6.53. The van der Waals surface area contributed by atoms with E-state index in [2.05, 4.69) is 31.4 Å². The molecule has 0 radical (unpaired) electrons. The van der Waals surface area contributed by atoms with E-state index in [1.165, 1.54) is 11.1 Å². The first-order chi connectivity index (χ1) is 9.06. The van der Waals surface area contributed by atoms with Crippen molar-refractivity contribution in [2.75, 3.05) is 13.1 Å². The Balaban J connectivity index is 2.06. The lowest BCUT2D eigenvalue weighted by Crippen LogP contribution is -2.57. The largest absolute Gasteiger partial charge is 0.508 e. The molecule has 1 aromatic carbocycles. The first-order valence-corrected chi connectivity index (χ1v) is 7.23. The van der Waals surface area contributed by atoms with Gasteiger partial charge in [-0.1, -0.05) is 26.0 Å². The summed E-state index contributed by atoms with van der Waals surface area (Å²) < 4.78 is 0. The van der Waals surface area contributed by atoms with Gasteiger partial charge in [0.15, 0.2) is 0 Å². The van der Waals surface area contributed by atoms with E-state index in [0.29, 0.717) is 17.7 Å². The zero-order valence-corrected chi connectivity index (χ0v) is 11.9. The summed E-state index contributed by atoms with van der Waals surface area (Å²) in [4.78, 5) is 2.56. The fourth-order valence-electron chi connectivity index (χ4n) is 4.09. The van der Waals surface area contributed by atoms with E-state index in [1.54, 1.807) is 0 Å². The van der Waals surface area contributed by atoms with Crippen LogP contribution in [0.15, 0.2) is 30.9 Å². The van der Waals surface area contributed by atoms with Gasteiger partial charge in [0, 0.05) is 12.6 Å². The van der Waals surface area contributed by atoms with E-state index >= 15 is 0 Å². The lowest BCUT2D eigenvalue weighted by atomic mass is 9.59. The molecule has 19 heavy (non-hydrogen) atoms. The van der Waals surface area contributed by atoms with Crippen LogP contribution in [0.4, 0.5) is 0 Å². The molecule has 1 aliphatic carbocycles. The maximum Gasteiger partial charge on any atom is 0.115 e. The van der Waals surface area contributed by atoms with E-state index < -0.39 is 0 Å². The highest BCUT2D eigenvalue weighted by atomic mass is 16.3. The Morgan fingerprint density at radius 1 is 1.53 bits per heavy atom. The zero-order chi connectivity index (χ0) is 13.6. The topological polar surface area (TPSA) is 23.5 Å². The Hall–Kier alpha value is -1.28. The van der Waals surface area contributed by atoms with Crippen LogP contribution in [0.25, 0.3) is 0 Å². The fourth-order valence-corrected chi connectivity index (χ4v) is 4.09. The number of fused-ring (bicyclic) bond motifs is 4. The van der Waals surface area contributed by atoms with Crippen molar-refractivity contribution in [3.8, 4) is 5.75 Å². The molecule has 1 saturated heterocycles. The van der Waals surface area contributed by atoms with Gasteiger partial charge in [0.1, 0.15) is 5.75 Å². The number of phenolic OH excluding ortho intramolecular Hbond substituents is 1. The summed E-state index contributed by atoms with van der Waals surface area (Å²) in [5, 5.41) is 9.80. The van der Waals surface area contributed by atoms with Gasteiger partial charge in [-0.05, 0) is 54.0 Å². The van der Waals surface area contributed by atoms with Crippen molar-refractivity contribution in [3.05, 3.63) is 42.0 Å². The standard InChI is InChI=1S/C17H23NO/c1-4-8-18-9-7-17(3)12(2)16(18)10-13-5-6-14(19)11-15(13)17/h4-6,11-12,16,19H,1,7-10H2,2-3H3/t12?,16-,17-/m0/s1. The highest BCUT2D eigenvalue weighted by Crippen LogP contribution is 2.49. The van der Waals surface area contributed by atoms with Crippen molar-refractivity contribution in [2.45, 2.75) is 38.1 Å². The number of piperidine rings is 1. The summed E-state index contributed by atoms with van der Waals surface area (Å²) in [6.07, 6.45) is 4.27. The number of likely N-dealkylation sites (tertiary alicyclic amines) is 1. The number of aromatic hydroxyl groups is 1. The fraction of sp³-hybridized carbons (Fsp3) is 0.529. The molecular weight excluding hydrogens is 234 g/mol. The predicted octanol–water partition coefficient (Wildman–Crippen LogP) is 3.10. The molecule has 102 valence electrons. The predicted molar refractivity (Wildman–Crippen MR) is 78.5 cm³/mol. The van der Waals surface area contributed by atoms with Gasteiger partial charge in [-0.2, -0.15) is 0 Å². The number of nitrogens with zero attached hydrogens (tertiary/aromatic N) is 1. The van der Waals surface area contributed by atoms with Gasteiger partial charge in [0.05, 0.1) is 0 Å². The molecule has 1 aliphatic heterocycles. The molecule has 0 spiro atoms. The highest BCUT2D eigenvalue weighted by molar-refractivity contribution is 5.44. The van der Waals surface area contributed by atoms with Crippen LogP contribution in [0, 0.1) is 5.92 Å². The molecule has 0 saturated carbocycles. The minimum Gasteiger partial charge on any atom is -0.508 e. The normalized spacial score (nSPS) is 33.8. The average molecular weight is 257 g/mol. The molecule has 0 amide bonds. The van der Waals surface area contributed by atoms with Gasteiger partial charge in [-0.25, -0.2) is 0 Å². The Morgan fingerprint density at radius 2 is 2.32 bits per heavy atom. The van der Waals surface area contributed by atoms with Gasteiger partial charge in [0.2, 0.25) is 0 Å². The number of rotatable bonds is 2. The van der Waals surface area contributed by atoms with Gasteiger partial charge in [-0.15, -0.1) is 6.58 Å². The molecule has 1 N–H and O–H groups in total. The van der Waals surface area contributed by atoms with E-state index in [0.717, 1.165) is 25.9 Å².